The predicted molar refractivity (Wildman–Crippen MR) is 202 cm³/mol. The third-order valence-corrected chi connectivity index (χ3v) is 8.95. The number of hydrogen-bond acceptors (Lipinski definition) is 3. The van der Waals surface area contributed by atoms with E-state index < -0.39 is 0 Å². The third kappa shape index (κ3) is 5.98. The van der Waals surface area contributed by atoms with Gasteiger partial charge in [-0.3, -0.25) is 9.53 Å². The smallest absolute Gasteiger partial charge is 0.510 e. The SMILES string of the molecule is [C-]#[N+]c1cc(Oc2[c-]c3c(cc2)c2ccccc2n3-c2ccccn2)[c-]c(-n2cc(-c3c(-c4ccccc4)cccc3-c3ccccc3)cn2)c1.[Pt+2]. The van der Waals surface area contributed by atoms with E-state index in [1.165, 1.54) is 0 Å². The van der Waals surface area contributed by atoms with Gasteiger partial charge in [-0.1, -0.05) is 114 Å². The molecule has 6 aromatic carbocycles. The molecule has 3 heterocycles. The molecule has 0 aliphatic carbocycles. The van der Waals surface area contributed by atoms with Crippen molar-refractivity contribution < 1.29 is 25.8 Å². The number of aromatic nitrogens is 4. The van der Waals surface area contributed by atoms with Crippen molar-refractivity contribution in [1.29, 1.82) is 0 Å². The van der Waals surface area contributed by atoms with Crippen molar-refractivity contribution >= 4 is 27.5 Å². The maximum atomic E-state index is 7.87. The second-order valence-electron chi connectivity index (χ2n) is 12.1. The molecule has 0 saturated heterocycles. The summed E-state index contributed by atoms with van der Waals surface area (Å²) in [7, 11) is 0. The topological polar surface area (TPSA) is 49.2 Å². The molecule has 248 valence electrons. The summed E-state index contributed by atoms with van der Waals surface area (Å²) in [4.78, 5) is 8.38. The van der Waals surface area contributed by atoms with E-state index in [1.54, 1.807) is 23.0 Å². The second kappa shape index (κ2) is 14.0. The van der Waals surface area contributed by atoms with Gasteiger partial charge in [0.25, 0.3) is 0 Å². The number of hydrogen-bond donors (Lipinski definition) is 0. The Kier molecular flexibility index (Phi) is 8.79. The Bertz CT molecular complexity index is 2670. The van der Waals surface area contributed by atoms with E-state index in [-0.39, 0.29) is 21.1 Å². The molecule has 7 heteroatoms. The molecule has 0 spiro atoms. The van der Waals surface area contributed by atoms with Gasteiger partial charge >= 0.3 is 21.1 Å². The molecule has 3 aromatic heterocycles. The Balaban J connectivity index is 0.00000387. The first-order chi connectivity index (χ1) is 25.2. The molecule has 0 amide bonds. The Hall–Kier alpha value is -6.54. The van der Waals surface area contributed by atoms with E-state index in [2.05, 4.69) is 105 Å². The minimum atomic E-state index is 0. The van der Waals surface area contributed by atoms with Crippen LogP contribution in [0, 0.1) is 18.7 Å². The summed E-state index contributed by atoms with van der Waals surface area (Å²) in [6.45, 7) is 7.87. The van der Waals surface area contributed by atoms with Crippen molar-refractivity contribution in [3.8, 4) is 56.4 Å². The van der Waals surface area contributed by atoms with Crippen molar-refractivity contribution in [3.05, 3.63) is 188 Å². The van der Waals surface area contributed by atoms with E-state index in [4.69, 9.17) is 16.4 Å². The predicted octanol–water partition coefficient (Wildman–Crippen LogP) is 11.3. The average Bonchev–Trinajstić information content (AvgIpc) is 3.82. The van der Waals surface area contributed by atoms with Crippen LogP contribution in [0.3, 0.4) is 0 Å². The first-order valence-corrected chi connectivity index (χ1v) is 16.5. The van der Waals surface area contributed by atoms with Crippen molar-refractivity contribution in [1.82, 2.24) is 19.3 Å². The van der Waals surface area contributed by atoms with Gasteiger partial charge in [0.05, 0.1) is 18.5 Å². The third-order valence-electron chi connectivity index (χ3n) is 8.95. The number of nitrogens with zero attached hydrogens (tertiary/aromatic N) is 5. The fourth-order valence-corrected chi connectivity index (χ4v) is 6.70. The van der Waals surface area contributed by atoms with Crippen molar-refractivity contribution in [3.63, 3.8) is 0 Å². The molecular weight excluding hydrogens is 822 g/mol. The Morgan fingerprint density at radius 1 is 0.635 bits per heavy atom. The van der Waals surface area contributed by atoms with Crippen molar-refractivity contribution in [2.45, 2.75) is 0 Å². The first-order valence-electron chi connectivity index (χ1n) is 16.5. The fourth-order valence-electron chi connectivity index (χ4n) is 6.70. The van der Waals surface area contributed by atoms with Gasteiger partial charge in [0.15, 0.2) is 0 Å². The molecule has 0 aliphatic rings. The van der Waals surface area contributed by atoms with Crippen LogP contribution in [0.25, 0.3) is 71.5 Å². The summed E-state index contributed by atoms with van der Waals surface area (Å²) < 4.78 is 10.2. The quantitative estimate of drug-likeness (QED) is 0.150. The number of fused-ring (bicyclic) bond motifs is 3. The number of benzene rings is 6. The summed E-state index contributed by atoms with van der Waals surface area (Å²) in [6, 6.07) is 55.5. The Morgan fingerprint density at radius 2 is 1.35 bits per heavy atom. The summed E-state index contributed by atoms with van der Waals surface area (Å²) in [5.74, 6) is 1.68. The Morgan fingerprint density at radius 3 is 2.06 bits per heavy atom. The monoisotopic (exact) mass is 848 g/mol. The Labute approximate surface area is 315 Å². The molecule has 0 saturated carbocycles. The minimum Gasteiger partial charge on any atom is -0.510 e. The van der Waals surface area contributed by atoms with Crippen LogP contribution in [0.5, 0.6) is 11.5 Å². The molecule has 0 unspecified atom stereocenters. The molecule has 0 bridgehead atoms. The summed E-state index contributed by atoms with van der Waals surface area (Å²) in [5.41, 5.74) is 9.34. The van der Waals surface area contributed by atoms with Gasteiger partial charge in [-0.05, 0) is 45.8 Å². The van der Waals surface area contributed by atoms with Gasteiger partial charge in [-0.2, -0.15) is 11.2 Å². The van der Waals surface area contributed by atoms with Crippen LogP contribution >= 0.6 is 0 Å². The number of rotatable bonds is 7. The van der Waals surface area contributed by atoms with Crippen molar-refractivity contribution in [2.24, 2.45) is 0 Å². The molecule has 0 radical (unpaired) electrons. The van der Waals surface area contributed by atoms with Crippen molar-refractivity contribution in [2.75, 3.05) is 0 Å². The van der Waals surface area contributed by atoms with E-state index in [1.807, 2.05) is 67.0 Å². The molecule has 6 nitrogen and oxygen atoms in total. The standard InChI is InChI=1S/C45H27N5O.Pt/c1-46-34-25-35(49-30-33(29-48-49)45-38(31-13-4-2-5-14-31)18-12-19-39(45)32-15-6-3-7-16-32)27-37(26-34)51-36-22-23-41-40-17-8-9-20-42(40)50(43(41)28-36)44-21-10-11-24-47-44;/h2-26,29-30H;/q-2;+2. The van der Waals surface area contributed by atoms with Crippen LogP contribution in [-0.4, -0.2) is 19.3 Å². The maximum absolute atomic E-state index is 7.87. The second-order valence-corrected chi connectivity index (χ2v) is 12.1. The molecule has 0 aliphatic heterocycles. The molecule has 9 rings (SSSR count). The zero-order valence-electron chi connectivity index (χ0n) is 27.5. The van der Waals surface area contributed by atoms with Crippen LogP contribution in [0.1, 0.15) is 0 Å². The van der Waals surface area contributed by atoms with Crippen LogP contribution in [0.2, 0.25) is 0 Å². The van der Waals surface area contributed by atoms with Gasteiger partial charge in [0.1, 0.15) is 5.82 Å². The average molecular weight is 849 g/mol. The molecule has 52 heavy (non-hydrogen) atoms. The van der Waals surface area contributed by atoms with E-state index >= 15 is 0 Å². The maximum Gasteiger partial charge on any atom is 2.00 e. The fraction of sp³-hybridized carbons (Fsp3) is 0. The summed E-state index contributed by atoms with van der Waals surface area (Å²) in [5, 5.41) is 6.92. The largest absolute Gasteiger partial charge is 2.00 e. The molecule has 0 fully saturated rings. The minimum absolute atomic E-state index is 0. The van der Waals surface area contributed by atoms with Gasteiger partial charge in [-0.15, -0.1) is 35.7 Å². The van der Waals surface area contributed by atoms with Crippen LogP contribution in [-0.2, 0) is 21.1 Å². The van der Waals surface area contributed by atoms with Crippen LogP contribution in [0.4, 0.5) is 5.69 Å². The number of pyridine rings is 1. The van der Waals surface area contributed by atoms with E-state index in [0.29, 0.717) is 22.9 Å². The zero-order valence-corrected chi connectivity index (χ0v) is 29.8. The van der Waals surface area contributed by atoms with Crippen LogP contribution in [0.15, 0.2) is 164 Å². The van der Waals surface area contributed by atoms with E-state index in [0.717, 1.165) is 61.0 Å². The van der Waals surface area contributed by atoms with E-state index in [9.17, 15) is 0 Å². The zero-order chi connectivity index (χ0) is 34.1. The summed E-state index contributed by atoms with van der Waals surface area (Å²) in [6.07, 6.45) is 5.64. The van der Waals surface area contributed by atoms with Gasteiger partial charge in [-0.25, -0.2) is 4.98 Å². The molecule has 0 N–H and O–H groups in total. The van der Waals surface area contributed by atoms with Gasteiger partial charge in [0.2, 0.25) is 0 Å². The molecular formula is C45H27N5OPt. The normalized spacial score (nSPS) is 10.9. The van der Waals surface area contributed by atoms with Gasteiger partial charge < -0.3 is 9.30 Å². The number of ether oxygens (including phenoxy) is 1. The van der Waals surface area contributed by atoms with Gasteiger partial charge in [0, 0.05) is 40.5 Å². The van der Waals surface area contributed by atoms with Crippen LogP contribution < -0.4 is 4.74 Å². The first kappa shape index (κ1) is 32.7. The number of para-hydroxylation sites is 1. The summed E-state index contributed by atoms with van der Waals surface area (Å²) >= 11 is 0. The molecule has 0 atom stereocenters. The molecule has 9 aromatic rings.